The third-order valence-corrected chi connectivity index (χ3v) is 3.46. The van der Waals surface area contributed by atoms with Crippen LogP contribution in [0.3, 0.4) is 0 Å². The van der Waals surface area contributed by atoms with Gasteiger partial charge in [0.15, 0.2) is 5.78 Å². The number of nitrogens with zero attached hydrogens (tertiary/aromatic N) is 1. The normalized spacial score (nSPS) is 10.1. The molecular weight excluding hydrogens is 292 g/mol. The highest BCUT2D eigenvalue weighted by molar-refractivity contribution is 5.97. The van der Waals surface area contributed by atoms with Crippen molar-refractivity contribution in [1.82, 2.24) is 10.3 Å². The number of nitrogens with one attached hydrogen (secondary N) is 1. The number of methoxy groups -OCH3 is 1. The summed E-state index contributed by atoms with van der Waals surface area (Å²) in [5.41, 5.74) is 1.66. The number of benzene rings is 1. The molecule has 0 aliphatic rings. The van der Waals surface area contributed by atoms with Gasteiger partial charge in [-0.05, 0) is 36.2 Å². The van der Waals surface area contributed by atoms with Crippen molar-refractivity contribution in [2.45, 2.75) is 19.3 Å². The van der Waals surface area contributed by atoms with Crippen LogP contribution in [-0.2, 0) is 11.2 Å². The number of hydrogen-bond donors (Lipinski definition) is 1. The summed E-state index contributed by atoms with van der Waals surface area (Å²) in [7, 11) is 1.63. The minimum atomic E-state index is -0.115. The molecule has 0 aliphatic carbocycles. The first-order valence-electron chi connectivity index (χ1n) is 7.52. The van der Waals surface area contributed by atoms with Gasteiger partial charge in [0.1, 0.15) is 5.75 Å². The summed E-state index contributed by atoms with van der Waals surface area (Å²) < 4.78 is 5.10. The number of ether oxygens (including phenoxy) is 1. The monoisotopic (exact) mass is 312 g/mol. The molecule has 0 radical (unpaired) electrons. The minimum absolute atomic E-state index is 0.0663. The molecule has 1 aromatic heterocycles. The van der Waals surface area contributed by atoms with Crippen molar-refractivity contribution < 1.29 is 14.3 Å². The van der Waals surface area contributed by atoms with Gasteiger partial charge in [0, 0.05) is 37.3 Å². The molecule has 0 saturated carbocycles. The van der Waals surface area contributed by atoms with Gasteiger partial charge >= 0.3 is 0 Å². The van der Waals surface area contributed by atoms with Crippen molar-refractivity contribution >= 4 is 11.7 Å². The molecular formula is C18H20N2O3. The van der Waals surface area contributed by atoms with Crippen molar-refractivity contribution in [3.8, 4) is 5.75 Å². The van der Waals surface area contributed by atoms with E-state index in [1.165, 1.54) is 6.20 Å². The number of carbonyl (C=O) groups excluding carboxylic acids is 2. The summed E-state index contributed by atoms with van der Waals surface area (Å²) in [5.74, 6) is 0.630. The van der Waals surface area contributed by atoms with Crippen LogP contribution in [0.1, 0.15) is 28.8 Å². The third-order valence-electron chi connectivity index (χ3n) is 3.46. The van der Waals surface area contributed by atoms with Crippen LogP contribution in [0.2, 0.25) is 0 Å². The van der Waals surface area contributed by atoms with Crippen LogP contribution in [0.5, 0.6) is 5.75 Å². The summed E-state index contributed by atoms with van der Waals surface area (Å²) >= 11 is 0. The van der Waals surface area contributed by atoms with Crippen LogP contribution in [0, 0.1) is 0 Å². The highest BCUT2D eigenvalue weighted by atomic mass is 16.5. The number of hydrogen-bond acceptors (Lipinski definition) is 4. The van der Waals surface area contributed by atoms with Gasteiger partial charge in [0.2, 0.25) is 5.91 Å². The lowest BCUT2D eigenvalue weighted by molar-refractivity contribution is -0.121. The van der Waals surface area contributed by atoms with Gasteiger partial charge < -0.3 is 10.1 Å². The Morgan fingerprint density at radius 2 is 1.91 bits per heavy atom. The van der Waals surface area contributed by atoms with E-state index in [2.05, 4.69) is 10.3 Å². The average Bonchev–Trinajstić information content (AvgIpc) is 2.61. The standard InChI is InChI=1S/C18H20N2O3/c1-23-16-6-4-14(5-7-16)10-12-20-18(22)9-8-17(21)15-3-2-11-19-13-15/h2-7,11,13H,8-10,12H2,1H3,(H,20,22). The van der Waals surface area contributed by atoms with Crippen LogP contribution in [0.4, 0.5) is 0 Å². The van der Waals surface area contributed by atoms with Crippen molar-refractivity contribution in [2.75, 3.05) is 13.7 Å². The molecule has 1 heterocycles. The first-order valence-corrected chi connectivity index (χ1v) is 7.52. The Balaban J connectivity index is 1.67. The van der Waals surface area contributed by atoms with Crippen LogP contribution in [-0.4, -0.2) is 30.3 Å². The maximum Gasteiger partial charge on any atom is 0.220 e. The van der Waals surface area contributed by atoms with Gasteiger partial charge in [0.25, 0.3) is 0 Å². The van der Waals surface area contributed by atoms with E-state index in [9.17, 15) is 9.59 Å². The maximum atomic E-state index is 11.9. The predicted molar refractivity (Wildman–Crippen MR) is 87.5 cm³/mol. The fourth-order valence-corrected chi connectivity index (χ4v) is 2.13. The summed E-state index contributed by atoms with van der Waals surface area (Å²) in [6, 6.07) is 11.1. The molecule has 1 N–H and O–H groups in total. The quantitative estimate of drug-likeness (QED) is 0.760. The van der Waals surface area contributed by atoms with Crippen molar-refractivity contribution in [3.63, 3.8) is 0 Å². The molecule has 0 aliphatic heterocycles. The number of ketones is 1. The molecule has 0 atom stereocenters. The fourth-order valence-electron chi connectivity index (χ4n) is 2.13. The molecule has 2 aromatic rings. The zero-order chi connectivity index (χ0) is 16.5. The molecule has 120 valence electrons. The summed E-state index contributed by atoms with van der Waals surface area (Å²) in [6.45, 7) is 0.548. The lowest BCUT2D eigenvalue weighted by Crippen LogP contribution is -2.26. The SMILES string of the molecule is COc1ccc(CCNC(=O)CCC(=O)c2cccnc2)cc1. The Morgan fingerprint density at radius 1 is 1.13 bits per heavy atom. The van der Waals surface area contributed by atoms with Crippen LogP contribution in [0.15, 0.2) is 48.8 Å². The van der Waals surface area contributed by atoms with E-state index < -0.39 is 0 Å². The molecule has 5 nitrogen and oxygen atoms in total. The number of Topliss-reactive ketones (excluding diaryl/α,β-unsaturated/α-hetero) is 1. The van der Waals surface area contributed by atoms with Gasteiger partial charge in [-0.1, -0.05) is 12.1 Å². The molecule has 0 fully saturated rings. The second-order valence-electron chi connectivity index (χ2n) is 5.11. The smallest absolute Gasteiger partial charge is 0.220 e. The summed E-state index contributed by atoms with van der Waals surface area (Å²) in [4.78, 5) is 27.5. The minimum Gasteiger partial charge on any atom is -0.497 e. The maximum absolute atomic E-state index is 11.9. The van der Waals surface area contributed by atoms with Gasteiger partial charge in [-0.15, -0.1) is 0 Å². The number of aromatic nitrogens is 1. The van der Waals surface area contributed by atoms with Crippen LogP contribution in [0.25, 0.3) is 0 Å². The third kappa shape index (κ3) is 5.54. The Hall–Kier alpha value is -2.69. The number of rotatable bonds is 8. The molecule has 1 aromatic carbocycles. The van der Waals surface area contributed by atoms with E-state index in [-0.39, 0.29) is 24.5 Å². The van der Waals surface area contributed by atoms with Crippen LogP contribution >= 0.6 is 0 Å². The molecule has 5 heteroatoms. The number of carbonyl (C=O) groups is 2. The van der Waals surface area contributed by atoms with Crippen molar-refractivity contribution in [3.05, 3.63) is 59.9 Å². The largest absolute Gasteiger partial charge is 0.497 e. The molecule has 23 heavy (non-hydrogen) atoms. The van der Waals surface area contributed by atoms with E-state index in [0.717, 1.165) is 17.7 Å². The van der Waals surface area contributed by atoms with Crippen molar-refractivity contribution in [1.29, 1.82) is 0 Å². The summed E-state index contributed by atoms with van der Waals surface area (Å²) in [6.07, 6.45) is 4.26. The lowest BCUT2D eigenvalue weighted by atomic mass is 10.1. The highest BCUT2D eigenvalue weighted by Gasteiger charge is 2.09. The van der Waals surface area contributed by atoms with Gasteiger partial charge in [-0.3, -0.25) is 14.6 Å². The van der Waals surface area contributed by atoms with E-state index in [0.29, 0.717) is 12.1 Å². The molecule has 0 saturated heterocycles. The van der Waals surface area contributed by atoms with Crippen molar-refractivity contribution in [2.24, 2.45) is 0 Å². The highest BCUT2D eigenvalue weighted by Crippen LogP contribution is 2.11. The Morgan fingerprint density at radius 3 is 2.57 bits per heavy atom. The second kappa shape index (κ2) is 8.68. The zero-order valence-corrected chi connectivity index (χ0v) is 13.1. The van der Waals surface area contributed by atoms with E-state index in [1.807, 2.05) is 24.3 Å². The van der Waals surface area contributed by atoms with E-state index in [4.69, 9.17) is 4.74 Å². The Kier molecular flexibility index (Phi) is 6.29. The van der Waals surface area contributed by atoms with Crippen LogP contribution < -0.4 is 10.1 Å². The van der Waals surface area contributed by atoms with Gasteiger partial charge in [-0.25, -0.2) is 0 Å². The molecule has 0 bridgehead atoms. The fraction of sp³-hybridized carbons (Fsp3) is 0.278. The Labute approximate surface area is 135 Å². The zero-order valence-electron chi connectivity index (χ0n) is 13.1. The Bertz CT molecular complexity index is 639. The molecule has 0 unspecified atom stereocenters. The summed E-state index contributed by atoms with van der Waals surface area (Å²) in [5, 5.41) is 2.83. The first-order chi connectivity index (χ1) is 11.2. The average molecular weight is 312 g/mol. The molecule has 1 amide bonds. The number of pyridine rings is 1. The topological polar surface area (TPSA) is 68.3 Å². The van der Waals surface area contributed by atoms with E-state index in [1.54, 1.807) is 25.4 Å². The van der Waals surface area contributed by atoms with Gasteiger partial charge in [-0.2, -0.15) is 0 Å². The molecule has 0 spiro atoms. The predicted octanol–water partition coefficient (Wildman–Crippen LogP) is 2.41. The lowest BCUT2D eigenvalue weighted by Gasteiger charge is -2.06. The second-order valence-corrected chi connectivity index (χ2v) is 5.11. The van der Waals surface area contributed by atoms with Gasteiger partial charge in [0.05, 0.1) is 7.11 Å². The molecule has 2 rings (SSSR count). The first kappa shape index (κ1) is 16.7. The van der Waals surface area contributed by atoms with E-state index >= 15 is 0 Å². The number of amides is 1.